The molecule has 168 valence electrons. The maximum absolute atomic E-state index is 12.6. The second-order valence-electron chi connectivity index (χ2n) is 7.54. The molecule has 1 fully saturated rings. The quantitative estimate of drug-likeness (QED) is 0.454. The molecule has 7 nitrogen and oxygen atoms in total. The van der Waals surface area contributed by atoms with Gasteiger partial charge in [-0.05, 0) is 50.2 Å². The van der Waals surface area contributed by atoms with Crippen molar-refractivity contribution in [1.29, 1.82) is 0 Å². The Balaban J connectivity index is 1.47. The van der Waals surface area contributed by atoms with Crippen LogP contribution in [0.3, 0.4) is 0 Å². The number of benzene rings is 1. The SMILES string of the molecule is O=C(CSc1nnc(-c2cccnc2)n1CCN1CCCCC1)Nc1c(Cl)cccc1Cl. The van der Waals surface area contributed by atoms with Gasteiger partial charge in [0.15, 0.2) is 11.0 Å². The van der Waals surface area contributed by atoms with Gasteiger partial charge in [-0.1, -0.05) is 47.5 Å². The number of hydrogen-bond donors (Lipinski definition) is 1. The number of carbonyl (C=O) groups excluding carboxylic acids is 1. The molecule has 2 aromatic heterocycles. The molecule has 1 amide bonds. The molecule has 1 aromatic carbocycles. The predicted molar refractivity (Wildman–Crippen MR) is 129 cm³/mol. The van der Waals surface area contributed by atoms with Gasteiger partial charge in [0, 0.05) is 31.0 Å². The van der Waals surface area contributed by atoms with Crippen LogP contribution in [0.2, 0.25) is 10.0 Å². The van der Waals surface area contributed by atoms with Crippen molar-refractivity contribution in [3.05, 3.63) is 52.8 Å². The number of nitrogens with one attached hydrogen (secondary N) is 1. The van der Waals surface area contributed by atoms with Crippen LogP contribution in [-0.2, 0) is 11.3 Å². The van der Waals surface area contributed by atoms with Crippen LogP contribution in [0.25, 0.3) is 11.4 Å². The van der Waals surface area contributed by atoms with Crippen LogP contribution < -0.4 is 5.32 Å². The summed E-state index contributed by atoms with van der Waals surface area (Å²) in [4.78, 5) is 19.2. The highest BCUT2D eigenvalue weighted by atomic mass is 35.5. The van der Waals surface area contributed by atoms with Crippen molar-refractivity contribution < 1.29 is 4.79 Å². The molecule has 0 atom stereocenters. The minimum atomic E-state index is -0.210. The van der Waals surface area contributed by atoms with Crippen LogP contribution in [0, 0.1) is 0 Å². The number of nitrogens with zero attached hydrogens (tertiary/aromatic N) is 5. The molecule has 3 aromatic rings. The molecular formula is C22H24Cl2N6OS. The summed E-state index contributed by atoms with van der Waals surface area (Å²) >= 11 is 13.7. The van der Waals surface area contributed by atoms with Crippen LogP contribution >= 0.6 is 35.0 Å². The highest BCUT2D eigenvalue weighted by Crippen LogP contribution is 2.30. The largest absolute Gasteiger partial charge is 0.323 e. The maximum atomic E-state index is 12.6. The molecule has 0 saturated carbocycles. The summed E-state index contributed by atoms with van der Waals surface area (Å²) in [6.45, 7) is 3.90. The lowest BCUT2D eigenvalue weighted by molar-refractivity contribution is -0.113. The van der Waals surface area contributed by atoms with E-state index >= 15 is 0 Å². The maximum Gasteiger partial charge on any atom is 0.234 e. The number of para-hydroxylation sites is 1. The molecule has 1 N–H and O–H groups in total. The van der Waals surface area contributed by atoms with Crippen molar-refractivity contribution in [2.24, 2.45) is 0 Å². The summed E-state index contributed by atoms with van der Waals surface area (Å²) in [5, 5.41) is 13.1. The Morgan fingerprint density at radius 3 is 2.53 bits per heavy atom. The Morgan fingerprint density at radius 1 is 1.03 bits per heavy atom. The van der Waals surface area contributed by atoms with Gasteiger partial charge in [-0.2, -0.15) is 0 Å². The molecule has 0 unspecified atom stereocenters. The number of halogens is 2. The van der Waals surface area contributed by atoms with E-state index in [2.05, 4.69) is 30.0 Å². The first-order chi connectivity index (χ1) is 15.6. The first kappa shape index (κ1) is 23.0. The van der Waals surface area contributed by atoms with Crippen LogP contribution in [0.15, 0.2) is 47.9 Å². The fourth-order valence-electron chi connectivity index (χ4n) is 3.65. The van der Waals surface area contributed by atoms with E-state index in [0.29, 0.717) is 20.9 Å². The first-order valence-corrected chi connectivity index (χ1v) is 12.3. The summed E-state index contributed by atoms with van der Waals surface area (Å²) in [6, 6.07) is 8.96. The average Bonchev–Trinajstić information content (AvgIpc) is 3.23. The van der Waals surface area contributed by atoms with Crippen molar-refractivity contribution in [3.63, 3.8) is 0 Å². The number of amides is 1. The van der Waals surface area contributed by atoms with Gasteiger partial charge in [-0.15, -0.1) is 10.2 Å². The van der Waals surface area contributed by atoms with Gasteiger partial charge < -0.3 is 14.8 Å². The fourth-order valence-corrected chi connectivity index (χ4v) is 4.91. The second-order valence-corrected chi connectivity index (χ2v) is 9.29. The Bertz CT molecular complexity index is 1040. The predicted octanol–water partition coefficient (Wildman–Crippen LogP) is 4.86. The number of piperidine rings is 1. The molecule has 0 bridgehead atoms. The number of pyridine rings is 1. The van der Waals surface area contributed by atoms with Crippen LogP contribution in [0.5, 0.6) is 0 Å². The third-order valence-corrected chi connectivity index (χ3v) is 6.88. The topological polar surface area (TPSA) is 75.9 Å². The number of hydrogen-bond acceptors (Lipinski definition) is 6. The number of rotatable bonds is 8. The number of thioether (sulfide) groups is 1. The minimum absolute atomic E-state index is 0.163. The first-order valence-electron chi connectivity index (χ1n) is 10.5. The summed E-state index contributed by atoms with van der Waals surface area (Å²) in [5.41, 5.74) is 1.32. The zero-order chi connectivity index (χ0) is 22.3. The Labute approximate surface area is 201 Å². The lowest BCUT2D eigenvalue weighted by Gasteiger charge is -2.26. The van der Waals surface area contributed by atoms with Gasteiger partial charge >= 0.3 is 0 Å². The summed E-state index contributed by atoms with van der Waals surface area (Å²) < 4.78 is 2.08. The molecule has 1 aliphatic rings. The van der Waals surface area contributed by atoms with E-state index in [9.17, 15) is 4.79 Å². The van der Waals surface area contributed by atoms with Crippen LogP contribution in [0.1, 0.15) is 19.3 Å². The highest BCUT2D eigenvalue weighted by molar-refractivity contribution is 7.99. The van der Waals surface area contributed by atoms with E-state index in [1.807, 2.05) is 12.1 Å². The number of carbonyl (C=O) groups is 1. The molecule has 3 heterocycles. The van der Waals surface area contributed by atoms with Crippen LogP contribution in [-0.4, -0.2) is 55.9 Å². The minimum Gasteiger partial charge on any atom is -0.323 e. The molecule has 0 radical (unpaired) electrons. The molecular weight excluding hydrogens is 467 g/mol. The summed E-state index contributed by atoms with van der Waals surface area (Å²) in [6.07, 6.45) is 7.30. The Kier molecular flexibility index (Phi) is 8.02. The van der Waals surface area contributed by atoms with E-state index in [-0.39, 0.29) is 11.7 Å². The van der Waals surface area contributed by atoms with Gasteiger partial charge in [0.25, 0.3) is 0 Å². The van der Waals surface area contributed by atoms with E-state index in [4.69, 9.17) is 23.2 Å². The van der Waals surface area contributed by atoms with Gasteiger partial charge in [-0.25, -0.2) is 0 Å². The zero-order valence-corrected chi connectivity index (χ0v) is 19.8. The van der Waals surface area contributed by atoms with E-state index in [1.165, 1.54) is 31.0 Å². The molecule has 10 heteroatoms. The van der Waals surface area contributed by atoms with Crippen molar-refractivity contribution in [3.8, 4) is 11.4 Å². The summed E-state index contributed by atoms with van der Waals surface area (Å²) in [5.74, 6) is 0.710. The van der Waals surface area contributed by atoms with E-state index in [0.717, 1.165) is 37.6 Å². The lowest BCUT2D eigenvalue weighted by Crippen LogP contribution is -2.32. The van der Waals surface area contributed by atoms with Gasteiger partial charge in [0.05, 0.1) is 21.5 Å². The molecule has 0 spiro atoms. The number of aromatic nitrogens is 4. The molecule has 1 saturated heterocycles. The van der Waals surface area contributed by atoms with E-state index < -0.39 is 0 Å². The van der Waals surface area contributed by atoms with Gasteiger partial charge in [0.2, 0.25) is 5.91 Å². The molecule has 0 aliphatic carbocycles. The molecule has 4 rings (SSSR count). The molecule has 32 heavy (non-hydrogen) atoms. The third kappa shape index (κ3) is 5.81. The van der Waals surface area contributed by atoms with Crippen molar-refractivity contribution in [2.45, 2.75) is 31.0 Å². The van der Waals surface area contributed by atoms with Crippen molar-refractivity contribution in [1.82, 2.24) is 24.6 Å². The second kappa shape index (κ2) is 11.1. The average molecular weight is 491 g/mol. The number of anilines is 1. The summed E-state index contributed by atoms with van der Waals surface area (Å²) in [7, 11) is 0. The van der Waals surface area contributed by atoms with Gasteiger partial charge in [0.1, 0.15) is 0 Å². The monoisotopic (exact) mass is 490 g/mol. The highest BCUT2D eigenvalue weighted by Gasteiger charge is 2.18. The standard InChI is InChI=1S/C22H24Cl2N6OS/c23-17-7-4-8-18(24)20(17)26-19(31)15-32-22-28-27-21(16-6-5-9-25-14-16)30(22)13-12-29-10-2-1-3-11-29/h4-9,14H,1-3,10-13,15H2,(H,26,31). The Morgan fingerprint density at radius 2 is 1.81 bits per heavy atom. The van der Waals surface area contributed by atoms with Crippen molar-refractivity contribution >= 4 is 46.6 Å². The van der Waals surface area contributed by atoms with E-state index in [1.54, 1.807) is 30.6 Å². The van der Waals surface area contributed by atoms with Crippen LogP contribution in [0.4, 0.5) is 5.69 Å². The normalized spacial score (nSPS) is 14.4. The lowest BCUT2D eigenvalue weighted by atomic mass is 10.1. The van der Waals surface area contributed by atoms with Gasteiger partial charge in [-0.3, -0.25) is 9.78 Å². The zero-order valence-electron chi connectivity index (χ0n) is 17.5. The molecule has 1 aliphatic heterocycles. The fraction of sp³-hybridized carbons (Fsp3) is 0.364. The smallest absolute Gasteiger partial charge is 0.234 e. The van der Waals surface area contributed by atoms with Crippen molar-refractivity contribution in [2.75, 3.05) is 30.7 Å². The third-order valence-electron chi connectivity index (χ3n) is 5.28. The number of likely N-dealkylation sites (tertiary alicyclic amines) is 1. The Hall–Kier alpha value is -2.13.